The van der Waals surface area contributed by atoms with Crippen LogP contribution in [-0.2, 0) is 31.7 Å². The quantitative estimate of drug-likeness (QED) is 0.0179. The van der Waals surface area contributed by atoms with Gasteiger partial charge in [0, 0.05) is 162 Å². The Morgan fingerprint density at radius 1 is 0.635 bits per heavy atom. The zero-order valence-electron chi connectivity index (χ0n) is 73.4. The molecular formula is C82H175N13O6P2S. The van der Waals surface area contributed by atoms with Gasteiger partial charge in [0.15, 0.2) is 0 Å². The number of benzene rings is 1. The Hall–Kier alpha value is -1.75. The number of nitrogens with zero attached hydrogens (tertiary/aromatic N) is 6. The lowest BCUT2D eigenvalue weighted by atomic mass is 9.98. The van der Waals surface area contributed by atoms with Gasteiger partial charge in [-0.25, -0.2) is 0 Å². The average Bonchev–Trinajstić information content (AvgIpc) is 0.873. The lowest BCUT2D eigenvalue weighted by Gasteiger charge is -2.33. The zero-order chi connectivity index (χ0) is 80.4. The molecule has 5 rings (SSSR count). The van der Waals surface area contributed by atoms with E-state index in [0.29, 0.717) is 84.5 Å². The Balaban J connectivity index is -0.000000547. The van der Waals surface area contributed by atoms with Crippen LogP contribution in [0, 0.1) is 12.8 Å². The van der Waals surface area contributed by atoms with Crippen LogP contribution in [0.1, 0.15) is 208 Å². The molecule has 1 aromatic carbocycles. The molecule has 22 heteroatoms. The molecule has 0 saturated carbocycles. The van der Waals surface area contributed by atoms with Gasteiger partial charge in [0.2, 0.25) is 0 Å². The Morgan fingerprint density at radius 2 is 1.13 bits per heavy atom. The number of pyridine rings is 1. The monoisotopic (exact) mass is 1530 g/mol. The van der Waals surface area contributed by atoms with Crippen LogP contribution in [0.15, 0.2) is 36.4 Å². The molecule has 9 N–H and O–H groups in total. The fourth-order valence-electron chi connectivity index (χ4n) is 10.2. The van der Waals surface area contributed by atoms with Crippen LogP contribution < -0.4 is 42.5 Å². The molecule has 3 aliphatic rings. The second-order valence-corrected chi connectivity index (χ2v) is 40.9. The summed E-state index contributed by atoms with van der Waals surface area (Å²) in [6.07, 6.45) is 7.97. The summed E-state index contributed by atoms with van der Waals surface area (Å²) in [7, 11) is 2.54. The topological polar surface area (TPSA) is 206 Å². The molecular weight excluding hydrogens is 1360 g/mol. The summed E-state index contributed by atoms with van der Waals surface area (Å²) >= 11 is 0. The number of aliphatic hydroxyl groups is 1. The smallest absolute Gasteiger partial charge is 0.138 e. The van der Waals surface area contributed by atoms with Crippen molar-refractivity contribution in [2.24, 2.45) is 5.92 Å². The summed E-state index contributed by atoms with van der Waals surface area (Å²) in [4.78, 5) is 16.2. The maximum absolute atomic E-state index is 11.8. The van der Waals surface area contributed by atoms with Crippen LogP contribution in [0.3, 0.4) is 0 Å². The number of hydrogen-bond acceptors (Lipinski definition) is 19. The number of likely N-dealkylation sites (tertiary alicyclic amines) is 2. The van der Waals surface area contributed by atoms with Crippen molar-refractivity contribution in [2.75, 3.05) is 177 Å². The number of ether oxygens (including phenoxy) is 2. The molecule has 3 fully saturated rings. The Kier molecular flexibility index (Phi) is 69.9. The molecule has 0 radical (unpaired) electrons. The van der Waals surface area contributed by atoms with Crippen LogP contribution in [0.25, 0.3) is 0 Å². The summed E-state index contributed by atoms with van der Waals surface area (Å²) in [5.74, 6) is 7.91. The first-order chi connectivity index (χ1) is 48.5. The number of piperidine rings is 2. The molecule has 1 aromatic heterocycles. The fourth-order valence-corrected chi connectivity index (χ4v) is 12.9. The first-order valence-electron chi connectivity index (χ1n) is 40.3. The van der Waals surface area contributed by atoms with Gasteiger partial charge in [0.1, 0.15) is 20.0 Å². The zero-order valence-corrected chi connectivity index (χ0v) is 76.0. The highest BCUT2D eigenvalue weighted by atomic mass is 32.2. The molecule has 2 aromatic rings. The van der Waals surface area contributed by atoms with Gasteiger partial charge in [0.05, 0.1) is 31.4 Å². The maximum atomic E-state index is 11.8. The van der Waals surface area contributed by atoms with Crippen molar-refractivity contribution < 1.29 is 28.8 Å². The third kappa shape index (κ3) is 73.1. The molecule has 0 unspecified atom stereocenters. The Labute approximate surface area is 647 Å². The first-order valence-corrected chi connectivity index (χ1v) is 47.4. The van der Waals surface area contributed by atoms with E-state index < -0.39 is 14.3 Å². The van der Waals surface area contributed by atoms with E-state index in [0.717, 1.165) is 94.1 Å². The van der Waals surface area contributed by atoms with Crippen molar-refractivity contribution in [1.82, 2.24) is 66.7 Å². The van der Waals surface area contributed by atoms with Crippen LogP contribution in [-0.4, -0.2) is 289 Å². The summed E-state index contributed by atoms with van der Waals surface area (Å²) in [6.45, 7) is 75.9. The van der Waals surface area contributed by atoms with E-state index >= 15 is 0 Å². The molecule has 0 spiro atoms. The average molecular weight is 1530 g/mol. The van der Waals surface area contributed by atoms with Crippen molar-refractivity contribution in [1.29, 1.82) is 0 Å². The molecule has 19 nitrogen and oxygen atoms in total. The minimum atomic E-state index is -2.10. The second-order valence-electron chi connectivity index (χ2n) is 32.2. The van der Waals surface area contributed by atoms with E-state index in [4.69, 9.17) is 9.47 Å². The number of nitrogens with one attached hydrogen (secondary N) is 7. The van der Waals surface area contributed by atoms with E-state index in [2.05, 4.69) is 232 Å². The Morgan fingerprint density at radius 3 is 1.57 bits per heavy atom. The highest BCUT2D eigenvalue weighted by Gasteiger charge is 2.21. The van der Waals surface area contributed by atoms with Crippen molar-refractivity contribution in [3.8, 4) is 5.75 Å². The molecule has 3 saturated heterocycles. The molecule has 3 aliphatic heterocycles. The number of unbranched alkanes of at least 4 members (excludes halogenated alkanes) is 1. The second kappa shape index (κ2) is 67.0. The predicted molar refractivity (Wildman–Crippen MR) is 466 cm³/mol. The molecule has 104 heavy (non-hydrogen) atoms. The molecule has 0 aliphatic carbocycles. The van der Waals surface area contributed by atoms with Gasteiger partial charge in [-0.05, 0) is 199 Å². The van der Waals surface area contributed by atoms with Crippen molar-refractivity contribution >= 4 is 35.9 Å². The van der Waals surface area contributed by atoms with E-state index in [1.54, 1.807) is 45.7 Å². The van der Waals surface area contributed by atoms with Gasteiger partial charge in [0.25, 0.3) is 0 Å². The molecule has 0 amide bonds. The van der Waals surface area contributed by atoms with Crippen molar-refractivity contribution in [3.63, 3.8) is 0 Å². The summed E-state index contributed by atoms with van der Waals surface area (Å²) in [5, 5.41) is 43.4. The highest BCUT2D eigenvalue weighted by molar-refractivity contribution is 8.14. The number of aromatic nitrogens is 1. The standard InChI is InChI=1S/C13H22N2O2.C12H26N2O.C12H20NOP.C9H19N.C8H20NO2P.C8H17NS.C7H18N2.C7H17N.C6H16N2/c1-9(2)15(7-11(4)16)8-12-13(17)6-5-10(3)14-12;1-4-15-10-9-14-7-5-12(6-8-14)13-11(2)3;1-10(2)13-9-11-5-7-12(8-6-11)15(3,4)14;1-8(2)10-6-4-9(3)5-7-10;1-8(2)9-5-6-11-7-12(3,4)10;1-8(2)9-4-6-10(3)7-5-9;1-7(2)8-5-6-9(3)4;1-4-5-6-8-7(2)3;1-6(2)8-5-4-7-3/h5-6,9,11,16-17H,7-8H2,1-4H3;11-13H,4-10H2,1-3H3;5-8,10,13H,9H2,1-4H3;8-9H,4-7H2,1-3H3;8-9H,5-7H2,1-4H3;8H,3-7H2,1-2H3;7-8H,5-6H2,1-4H3;7-8H,4-6H2,1-3H3;6-8H,4-5H2,1-3H3/t11-;;;;;;;;/m0......../s1. The van der Waals surface area contributed by atoms with Crippen LogP contribution in [0.2, 0.25) is 0 Å². The molecule has 4 heterocycles. The van der Waals surface area contributed by atoms with E-state index in [1.165, 1.54) is 101 Å². The van der Waals surface area contributed by atoms with E-state index in [-0.39, 0.29) is 11.9 Å². The van der Waals surface area contributed by atoms with E-state index in [9.17, 15) is 19.3 Å². The van der Waals surface area contributed by atoms with Gasteiger partial charge in [-0.3, -0.25) is 14.8 Å². The number of aromatic hydroxyl groups is 1. The predicted octanol–water partition coefficient (Wildman–Crippen LogP) is 13.3. The highest BCUT2D eigenvalue weighted by Crippen LogP contribution is 2.35. The number of hydrogen-bond donors (Lipinski definition) is 9. The molecule has 0 bridgehead atoms. The summed E-state index contributed by atoms with van der Waals surface area (Å²) < 4.78 is 33.5. The number of aryl methyl sites for hydroxylation is 1. The minimum absolute atomic E-state index is 0.215. The van der Waals surface area contributed by atoms with Crippen molar-refractivity contribution in [2.45, 2.75) is 277 Å². The normalized spacial score (nSPS) is 15.4. The number of rotatable bonds is 35. The third-order valence-corrected chi connectivity index (χ3v) is 20.7. The molecule has 620 valence electrons. The lowest BCUT2D eigenvalue weighted by molar-refractivity contribution is 0.0989. The summed E-state index contributed by atoms with van der Waals surface area (Å²) in [5.41, 5.74) is 2.79. The first kappa shape index (κ1) is 109. The number of aliphatic hydroxyl groups excluding tert-OH is 1. The van der Waals surface area contributed by atoms with E-state index in [1.807, 2.05) is 38.2 Å². The molecule has 1 atom stereocenters. The van der Waals surface area contributed by atoms with Crippen LogP contribution >= 0.6 is 24.8 Å². The SMILES string of the molecule is C=S1CCN(C(C)C)CC1.CC(C)NCCN(C)C.CC(C)NCCOCP(C)(C)=O.CC(C)NCc1ccc(P(C)(C)=O)cc1.CC1CCN(C(C)C)CC1.CCCCNC(C)C.CCOCCN1CCC(NC(C)C)CC1.CNCCNC(C)C.Cc1ccc(O)c(CN(C[C@H](C)O)C(C)C)n1. The minimum Gasteiger partial charge on any atom is -0.506 e. The maximum Gasteiger partial charge on any atom is 0.138 e. The number of likely N-dealkylation sites (N-methyl/N-ethyl adjacent to an activating group) is 2. The lowest BCUT2D eigenvalue weighted by Crippen LogP contribution is -2.45. The largest absolute Gasteiger partial charge is 0.506 e. The van der Waals surface area contributed by atoms with Gasteiger partial charge in [-0.15, -0.1) is 0 Å². The van der Waals surface area contributed by atoms with Gasteiger partial charge in [-0.1, -0.05) is 133 Å². The third-order valence-electron chi connectivity index (χ3n) is 16.8. The van der Waals surface area contributed by atoms with Gasteiger partial charge < -0.3 is 80.7 Å². The van der Waals surface area contributed by atoms with Gasteiger partial charge >= 0.3 is 0 Å². The van der Waals surface area contributed by atoms with Crippen LogP contribution in [0.4, 0.5) is 0 Å². The summed E-state index contributed by atoms with van der Waals surface area (Å²) in [6, 6.07) is 17.5. The fraction of sp³-hybridized carbons (Fsp3) is 0.854. The Bertz CT molecular complexity index is 2310. The van der Waals surface area contributed by atoms with Gasteiger partial charge in [-0.2, -0.15) is 10.5 Å². The van der Waals surface area contributed by atoms with Crippen LogP contribution in [0.5, 0.6) is 5.75 Å². The van der Waals surface area contributed by atoms with Crippen molar-refractivity contribution in [3.05, 3.63) is 53.3 Å².